The summed E-state index contributed by atoms with van der Waals surface area (Å²) < 4.78 is 5.29. The lowest BCUT2D eigenvalue weighted by molar-refractivity contribution is -0.384. The predicted octanol–water partition coefficient (Wildman–Crippen LogP) is 1.65. The van der Waals surface area contributed by atoms with Gasteiger partial charge in [0.05, 0.1) is 18.1 Å². The van der Waals surface area contributed by atoms with Gasteiger partial charge in [-0.3, -0.25) is 15.0 Å². The first-order chi connectivity index (χ1) is 9.16. The zero-order valence-corrected chi connectivity index (χ0v) is 11.1. The normalized spacial score (nSPS) is 16.3. The third-order valence-electron chi connectivity index (χ3n) is 3.27. The molecule has 1 aliphatic heterocycles. The van der Waals surface area contributed by atoms with Gasteiger partial charge in [0.15, 0.2) is 0 Å². The Hall–Kier alpha value is -1.66. The summed E-state index contributed by atoms with van der Waals surface area (Å²) in [5.74, 6) is 0. The highest BCUT2D eigenvalue weighted by Gasteiger charge is 2.10. The van der Waals surface area contributed by atoms with Gasteiger partial charge in [-0.2, -0.15) is 0 Å². The minimum absolute atomic E-state index is 0.135. The number of nitro benzene ring substituents is 1. The number of hydrogen-bond donors (Lipinski definition) is 1. The Kier molecular flexibility index (Phi) is 4.70. The number of hydrogen-bond acceptors (Lipinski definition) is 5. The third kappa shape index (κ3) is 3.90. The molecule has 1 aromatic rings. The first kappa shape index (κ1) is 13.8. The van der Waals surface area contributed by atoms with Gasteiger partial charge in [0, 0.05) is 44.0 Å². The molecule has 6 nitrogen and oxygen atoms in total. The molecule has 1 aliphatic rings. The molecule has 19 heavy (non-hydrogen) atoms. The molecule has 1 aromatic carbocycles. The Balaban J connectivity index is 1.83. The van der Waals surface area contributed by atoms with E-state index < -0.39 is 0 Å². The van der Waals surface area contributed by atoms with Crippen molar-refractivity contribution in [3.05, 3.63) is 33.9 Å². The molecule has 0 saturated carbocycles. The quantitative estimate of drug-likeness (QED) is 0.647. The van der Waals surface area contributed by atoms with Crippen LogP contribution in [0.25, 0.3) is 0 Å². The number of rotatable bonds is 5. The van der Waals surface area contributed by atoms with E-state index in [1.807, 2.05) is 6.92 Å². The van der Waals surface area contributed by atoms with Crippen LogP contribution in [0.4, 0.5) is 11.4 Å². The predicted molar refractivity (Wildman–Crippen MR) is 73.6 cm³/mol. The van der Waals surface area contributed by atoms with Crippen LogP contribution in [0.15, 0.2) is 18.2 Å². The largest absolute Gasteiger partial charge is 0.384 e. The van der Waals surface area contributed by atoms with Gasteiger partial charge >= 0.3 is 0 Å². The molecule has 0 aliphatic carbocycles. The van der Waals surface area contributed by atoms with E-state index >= 15 is 0 Å². The average molecular weight is 265 g/mol. The number of nitrogens with zero attached hydrogens (tertiary/aromatic N) is 2. The molecule has 1 fully saturated rings. The SMILES string of the molecule is Cc1cc([N+](=O)[O-])ccc1NCCN1CCOCC1. The molecule has 1 saturated heterocycles. The minimum atomic E-state index is -0.371. The van der Waals surface area contributed by atoms with E-state index in [2.05, 4.69) is 10.2 Å². The fraction of sp³-hybridized carbons (Fsp3) is 0.538. The summed E-state index contributed by atoms with van der Waals surface area (Å²) in [7, 11) is 0. The molecule has 0 unspecified atom stereocenters. The maximum absolute atomic E-state index is 10.7. The van der Waals surface area contributed by atoms with E-state index in [1.54, 1.807) is 12.1 Å². The highest BCUT2D eigenvalue weighted by atomic mass is 16.6. The van der Waals surface area contributed by atoms with E-state index in [4.69, 9.17) is 4.74 Å². The van der Waals surface area contributed by atoms with Crippen molar-refractivity contribution in [2.24, 2.45) is 0 Å². The molecule has 1 N–H and O–H groups in total. The minimum Gasteiger partial charge on any atom is -0.384 e. The lowest BCUT2D eigenvalue weighted by atomic mass is 10.2. The van der Waals surface area contributed by atoms with Gasteiger partial charge < -0.3 is 10.1 Å². The Morgan fingerprint density at radius 3 is 2.79 bits per heavy atom. The van der Waals surface area contributed by atoms with Crippen LogP contribution in [0.5, 0.6) is 0 Å². The molecule has 104 valence electrons. The standard InChI is InChI=1S/C13H19N3O3/c1-11-10-12(16(17)18)2-3-13(11)14-4-5-15-6-8-19-9-7-15/h2-3,10,14H,4-9H2,1H3. The van der Waals surface area contributed by atoms with Crippen molar-refractivity contribution < 1.29 is 9.66 Å². The highest BCUT2D eigenvalue weighted by molar-refractivity contribution is 5.55. The maximum Gasteiger partial charge on any atom is 0.269 e. The Bertz CT molecular complexity index is 445. The Labute approximate surface area is 112 Å². The van der Waals surface area contributed by atoms with Crippen molar-refractivity contribution in [2.75, 3.05) is 44.7 Å². The number of nitro groups is 1. The monoisotopic (exact) mass is 265 g/mol. The fourth-order valence-corrected chi connectivity index (χ4v) is 2.13. The van der Waals surface area contributed by atoms with Crippen molar-refractivity contribution in [2.45, 2.75) is 6.92 Å². The van der Waals surface area contributed by atoms with Crippen molar-refractivity contribution in [3.8, 4) is 0 Å². The van der Waals surface area contributed by atoms with E-state index in [-0.39, 0.29) is 10.6 Å². The fourth-order valence-electron chi connectivity index (χ4n) is 2.13. The summed E-state index contributed by atoms with van der Waals surface area (Å²) in [5.41, 5.74) is 1.99. The van der Waals surface area contributed by atoms with Gasteiger partial charge in [0.25, 0.3) is 5.69 Å². The van der Waals surface area contributed by atoms with Crippen LogP contribution in [-0.4, -0.2) is 49.2 Å². The number of morpholine rings is 1. The summed E-state index contributed by atoms with van der Waals surface area (Å²) in [6.07, 6.45) is 0. The summed E-state index contributed by atoms with van der Waals surface area (Å²) in [4.78, 5) is 12.6. The first-order valence-electron chi connectivity index (χ1n) is 6.46. The third-order valence-corrected chi connectivity index (χ3v) is 3.27. The van der Waals surface area contributed by atoms with Crippen molar-refractivity contribution >= 4 is 11.4 Å². The highest BCUT2D eigenvalue weighted by Crippen LogP contribution is 2.20. The van der Waals surface area contributed by atoms with Crippen LogP contribution < -0.4 is 5.32 Å². The number of anilines is 1. The van der Waals surface area contributed by atoms with Gasteiger partial charge in [0.2, 0.25) is 0 Å². The van der Waals surface area contributed by atoms with Crippen molar-refractivity contribution in [1.82, 2.24) is 4.90 Å². The second kappa shape index (κ2) is 6.49. The number of ether oxygens (including phenoxy) is 1. The zero-order chi connectivity index (χ0) is 13.7. The van der Waals surface area contributed by atoms with Crippen LogP contribution in [0.3, 0.4) is 0 Å². The topological polar surface area (TPSA) is 67.6 Å². The molecular weight excluding hydrogens is 246 g/mol. The molecule has 0 amide bonds. The summed E-state index contributed by atoms with van der Waals surface area (Å²) in [6.45, 7) is 7.22. The molecule has 0 bridgehead atoms. The molecule has 0 spiro atoms. The van der Waals surface area contributed by atoms with Crippen LogP contribution in [-0.2, 0) is 4.74 Å². The second-order valence-corrected chi connectivity index (χ2v) is 4.64. The van der Waals surface area contributed by atoms with Crippen molar-refractivity contribution in [1.29, 1.82) is 0 Å². The molecule has 0 aromatic heterocycles. The van der Waals surface area contributed by atoms with Gasteiger partial charge in [-0.25, -0.2) is 0 Å². The van der Waals surface area contributed by atoms with Crippen LogP contribution in [0.2, 0.25) is 0 Å². The average Bonchev–Trinajstić information content (AvgIpc) is 2.41. The van der Waals surface area contributed by atoms with E-state index in [9.17, 15) is 10.1 Å². The van der Waals surface area contributed by atoms with Gasteiger partial charge in [-0.05, 0) is 18.6 Å². The number of non-ortho nitro benzene ring substituents is 1. The summed E-state index contributed by atoms with van der Waals surface area (Å²) in [5, 5.41) is 14.0. The molecular formula is C13H19N3O3. The lowest BCUT2D eigenvalue weighted by Gasteiger charge is -2.26. The van der Waals surface area contributed by atoms with Gasteiger partial charge in [-0.1, -0.05) is 0 Å². The van der Waals surface area contributed by atoms with Gasteiger partial charge in [-0.15, -0.1) is 0 Å². The van der Waals surface area contributed by atoms with E-state index in [0.717, 1.165) is 50.6 Å². The van der Waals surface area contributed by atoms with Crippen LogP contribution in [0, 0.1) is 17.0 Å². The lowest BCUT2D eigenvalue weighted by Crippen LogP contribution is -2.39. The maximum atomic E-state index is 10.7. The Morgan fingerprint density at radius 1 is 1.42 bits per heavy atom. The van der Waals surface area contributed by atoms with Crippen LogP contribution in [0.1, 0.15) is 5.56 Å². The smallest absolute Gasteiger partial charge is 0.269 e. The van der Waals surface area contributed by atoms with Crippen LogP contribution >= 0.6 is 0 Å². The number of benzene rings is 1. The zero-order valence-electron chi connectivity index (χ0n) is 11.1. The van der Waals surface area contributed by atoms with E-state index in [0.29, 0.717) is 0 Å². The molecule has 1 heterocycles. The first-order valence-corrected chi connectivity index (χ1v) is 6.46. The molecule has 2 rings (SSSR count). The van der Waals surface area contributed by atoms with Gasteiger partial charge in [0.1, 0.15) is 0 Å². The number of nitrogens with one attached hydrogen (secondary N) is 1. The molecule has 0 radical (unpaired) electrons. The van der Waals surface area contributed by atoms with E-state index in [1.165, 1.54) is 6.07 Å². The summed E-state index contributed by atoms with van der Waals surface area (Å²) in [6, 6.07) is 4.90. The Morgan fingerprint density at radius 2 is 2.16 bits per heavy atom. The molecule has 6 heteroatoms. The summed E-state index contributed by atoms with van der Waals surface area (Å²) >= 11 is 0. The second-order valence-electron chi connectivity index (χ2n) is 4.64. The van der Waals surface area contributed by atoms with Crippen molar-refractivity contribution in [3.63, 3.8) is 0 Å². The molecule has 0 atom stereocenters. The number of aryl methyl sites for hydroxylation is 1.